The summed E-state index contributed by atoms with van der Waals surface area (Å²) >= 11 is 0. The van der Waals surface area contributed by atoms with Crippen LogP contribution in [0.2, 0.25) is 0 Å². The van der Waals surface area contributed by atoms with Crippen LogP contribution < -0.4 is 5.32 Å². The zero-order valence-corrected chi connectivity index (χ0v) is 12.6. The molecule has 0 aliphatic rings. The second kappa shape index (κ2) is 6.10. The smallest absolute Gasteiger partial charge is 0.0841 e. The summed E-state index contributed by atoms with van der Waals surface area (Å²) in [5.41, 5.74) is 5.01. The molecule has 0 radical (unpaired) electrons. The van der Waals surface area contributed by atoms with Gasteiger partial charge in [0.25, 0.3) is 0 Å². The number of hydrogen-bond donors (Lipinski definition) is 1. The van der Waals surface area contributed by atoms with Crippen LogP contribution >= 0.6 is 0 Å². The first-order valence-corrected chi connectivity index (χ1v) is 7.49. The molecule has 0 atom stereocenters. The summed E-state index contributed by atoms with van der Waals surface area (Å²) in [6, 6.07) is 16.9. The standard InChI is InChI=1S/C18H21N3/c1-3-21-18-11-7-6-10-16(18)17(20-21)13-19-12-15-9-5-4-8-14(15)2/h4-11,19H,3,12-13H2,1-2H3. The van der Waals surface area contributed by atoms with Crippen LogP contribution in [0.3, 0.4) is 0 Å². The Balaban J connectivity index is 1.75. The molecule has 3 rings (SSSR count). The van der Waals surface area contributed by atoms with Crippen molar-refractivity contribution in [2.45, 2.75) is 33.5 Å². The minimum absolute atomic E-state index is 0.793. The fourth-order valence-corrected chi connectivity index (χ4v) is 2.69. The molecule has 3 nitrogen and oxygen atoms in total. The van der Waals surface area contributed by atoms with E-state index in [1.165, 1.54) is 22.0 Å². The normalized spacial score (nSPS) is 11.1. The van der Waals surface area contributed by atoms with E-state index in [0.29, 0.717) is 0 Å². The highest BCUT2D eigenvalue weighted by atomic mass is 15.3. The van der Waals surface area contributed by atoms with Crippen LogP contribution in [0.5, 0.6) is 0 Å². The maximum atomic E-state index is 4.72. The number of rotatable bonds is 5. The van der Waals surface area contributed by atoms with Gasteiger partial charge >= 0.3 is 0 Å². The molecule has 2 aromatic carbocycles. The first-order valence-electron chi connectivity index (χ1n) is 7.49. The molecule has 1 N–H and O–H groups in total. The molecule has 3 heteroatoms. The van der Waals surface area contributed by atoms with Gasteiger partial charge in [-0.1, -0.05) is 42.5 Å². The minimum Gasteiger partial charge on any atom is -0.307 e. The summed E-state index contributed by atoms with van der Waals surface area (Å²) in [6.45, 7) is 6.85. The third-order valence-corrected chi connectivity index (χ3v) is 3.90. The fraction of sp³-hybridized carbons (Fsp3) is 0.278. The summed E-state index contributed by atoms with van der Waals surface area (Å²) in [5.74, 6) is 0. The zero-order valence-electron chi connectivity index (χ0n) is 12.6. The Hall–Kier alpha value is -2.13. The van der Waals surface area contributed by atoms with Gasteiger partial charge in [-0.05, 0) is 31.0 Å². The number of nitrogens with one attached hydrogen (secondary N) is 1. The molecule has 0 aliphatic heterocycles. The lowest BCUT2D eigenvalue weighted by atomic mass is 10.1. The van der Waals surface area contributed by atoms with E-state index < -0.39 is 0 Å². The molecule has 3 aromatic rings. The van der Waals surface area contributed by atoms with E-state index in [4.69, 9.17) is 5.10 Å². The number of para-hydroxylation sites is 1. The van der Waals surface area contributed by atoms with Crippen molar-refractivity contribution in [2.75, 3.05) is 0 Å². The van der Waals surface area contributed by atoms with E-state index in [-0.39, 0.29) is 0 Å². The number of nitrogens with zero attached hydrogens (tertiary/aromatic N) is 2. The lowest BCUT2D eigenvalue weighted by Gasteiger charge is -2.06. The summed E-state index contributed by atoms with van der Waals surface area (Å²) in [7, 11) is 0. The van der Waals surface area contributed by atoms with Gasteiger partial charge in [-0.15, -0.1) is 0 Å². The summed E-state index contributed by atoms with van der Waals surface area (Å²) in [5, 5.41) is 9.48. The monoisotopic (exact) mass is 279 g/mol. The third-order valence-electron chi connectivity index (χ3n) is 3.90. The highest BCUT2D eigenvalue weighted by Crippen LogP contribution is 2.18. The molecule has 1 heterocycles. The second-order valence-corrected chi connectivity index (χ2v) is 5.31. The molecule has 0 aliphatic carbocycles. The highest BCUT2D eigenvalue weighted by Gasteiger charge is 2.08. The fourth-order valence-electron chi connectivity index (χ4n) is 2.69. The van der Waals surface area contributed by atoms with Gasteiger partial charge in [-0.3, -0.25) is 4.68 Å². The van der Waals surface area contributed by atoms with Crippen molar-refractivity contribution >= 4 is 10.9 Å². The average molecular weight is 279 g/mol. The largest absolute Gasteiger partial charge is 0.307 e. The molecule has 0 spiro atoms. The molecular formula is C18H21N3. The van der Waals surface area contributed by atoms with Crippen LogP contribution in [0.4, 0.5) is 0 Å². The van der Waals surface area contributed by atoms with Gasteiger partial charge in [0.2, 0.25) is 0 Å². The van der Waals surface area contributed by atoms with Crippen LogP contribution in [-0.2, 0) is 19.6 Å². The van der Waals surface area contributed by atoms with Crippen LogP contribution in [0.25, 0.3) is 10.9 Å². The maximum absolute atomic E-state index is 4.72. The molecule has 1 aromatic heterocycles. The van der Waals surface area contributed by atoms with Gasteiger partial charge < -0.3 is 5.32 Å². The lowest BCUT2D eigenvalue weighted by Crippen LogP contribution is -2.14. The van der Waals surface area contributed by atoms with Gasteiger partial charge in [0.15, 0.2) is 0 Å². The van der Waals surface area contributed by atoms with Crippen molar-refractivity contribution in [3.05, 3.63) is 65.4 Å². The molecule has 21 heavy (non-hydrogen) atoms. The van der Waals surface area contributed by atoms with Gasteiger partial charge in [0.05, 0.1) is 11.2 Å². The summed E-state index contributed by atoms with van der Waals surface area (Å²) in [6.07, 6.45) is 0. The Bertz CT molecular complexity index is 743. The first-order chi connectivity index (χ1) is 10.3. The van der Waals surface area contributed by atoms with Crippen LogP contribution in [0, 0.1) is 6.92 Å². The third kappa shape index (κ3) is 2.83. The molecule has 0 fully saturated rings. The molecule has 0 bridgehead atoms. The quantitative estimate of drug-likeness (QED) is 0.772. The molecule has 108 valence electrons. The van der Waals surface area contributed by atoms with Gasteiger partial charge in [0.1, 0.15) is 0 Å². The van der Waals surface area contributed by atoms with Gasteiger partial charge in [-0.2, -0.15) is 5.10 Å². The topological polar surface area (TPSA) is 29.9 Å². The summed E-state index contributed by atoms with van der Waals surface area (Å²) in [4.78, 5) is 0. The van der Waals surface area contributed by atoms with Crippen molar-refractivity contribution in [2.24, 2.45) is 0 Å². The van der Waals surface area contributed by atoms with E-state index in [9.17, 15) is 0 Å². The van der Waals surface area contributed by atoms with Crippen LogP contribution in [0.1, 0.15) is 23.7 Å². The van der Waals surface area contributed by atoms with E-state index in [2.05, 4.69) is 72.4 Å². The molecule has 0 saturated carbocycles. The van der Waals surface area contributed by atoms with E-state index in [1.807, 2.05) is 0 Å². The van der Waals surface area contributed by atoms with Crippen molar-refractivity contribution in [1.82, 2.24) is 15.1 Å². The Labute approximate surface area is 125 Å². The van der Waals surface area contributed by atoms with E-state index >= 15 is 0 Å². The maximum Gasteiger partial charge on any atom is 0.0841 e. The zero-order chi connectivity index (χ0) is 14.7. The van der Waals surface area contributed by atoms with Gasteiger partial charge in [0, 0.05) is 25.0 Å². The van der Waals surface area contributed by atoms with Crippen LogP contribution in [-0.4, -0.2) is 9.78 Å². The van der Waals surface area contributed by atoms with E-state index in [1.54, 1.807) is 0 Å². The molecule has 0 saturated heterocycles. The number of fused-ring (bicyclic) bond motifs is 1. The average Bonchev–Trinajstić information content (AvgIpc) is 2.88. The van der Waals surface area contributed by atoms with Crippen LogP contribution in [0.15, 0.2) is 48.5 Å². The van der Waals surface area contributed by atoms with Crippen molar-refractivity contribution in [3.8, 4) is 0 Å². The molecular weight excluding hydrogens is 258 g/mol. The number of hydrogen-bond acceptors (Lipinski definition) is 2. The highest BCUT2D eigenvalue weighted by molar-refractivity contribution is 5.81. The number of benzene rings is 2. The Kier molecular flexibility index (Phi) is 4.02. The Morgan fingerprint density at radius 2 is 1.76 bits per heavy atom. The van der Waals surface area contributed by atoms with Crippen molar-refractivity contribution in [1.29, 1.82) is 0 Å². The Morgan fingerprint density at radius 1 is 1.00 bits per heavy atom. The predicted octanol–water partition coefficient (Wildman–Crippen LogP) is 3.65. The summed E-state index contributed by atoms with van der Waals surface area (Å²) < 4.78 is 2.07. The van der Waals surface area contributed by atoms with Crippen molar-refractivity contribution < 1.29 is 0 Å². The minimum atomic E-state index is 0.793. The molecule has 0 amide bonds. The number of aromatic nitrogens is 2. The van der Waals surface area contributed by atoms with E-state index in [0.717, 1.165) is 25.3 Å². The lowest BCUT2D eigenvalue weighted by molar-refractivity contribution is 0.631. The number of aryl methyl sites for hydroxylation is 2. The van der Waals surface area contributed by atoms with Crippen molar-refractivity contribution in [3.63, 3.8) is 0 Å². The SMILES string of the molecule is CCn1nc(CNCc2ccccc2C)c2ccccc21. The van der Waals surface area contributed by atoms with Gasteiger partial charge in [-0.25, -0.2) is 0 Å². The first kappa shape index (κ1) is 13.8. The Morgan fingerprint density at radius 3 is 2.57 bits per heavy atom. The predicted molar refractivity (Wildman–Crippen MR) is 87.1 cm³/mol. The second-order valence-electron chi connectivity index (χ2n) is 5.31. The molecule has 0 unspecified atom stereocenters.